The highest BCUT2D eigenvalue weighted by molar-refractivity contribution is 5.94. The van der Waals surface area contributed by atoms with Crippen LogP contribution in [-0.2, 0) is 6.54 Å². The van der Waals surface area contributed by atoms with Crippen LogP contribution in [0, 0.1) is 5.82 Å². The van der Waals surface area contributed by atoms with Crippen LogP contribution >= 0.6 is 0 Å². The summed E-state index contributed by atoms with van der Waals surface area (Å²) in [6.07, 6.45) is 3.33. The van der Waals surface area contributed by atoms with Crippen LogP contribution < -0.4 is 10.9 Å². The lowest BCUT2D eigenvalue weighted by atomic mass is 10.2. The summed E-state index contributed by atoms with van der Waals surface area (Å²) in [5.74, 6) is -0.242. The normalized spacial score (nSPS) is 10.5. The zero-order chi connectivity index (χ0) is 16.9. The molecule has 1 amide bonds. The van der Waals surface area contributed by atoms with Crippen molar-refractivity contribution < 1.29 is 9.18 Å². The number of carbonyl (C=O) groups excluding carboxylic acids is 1. The predicted molar refractivity (Wildman–Crippen MR) is 84.4 cm³/mol. The monoisotopic (exact) mass is 327 g/mol. The van der Waals surface area contributed by atoms with Crippen LogP contribution in [0.1, 0.15) is 10.4 Å². The van der Waals surface area contributed by atoms with Gasteiger partial charge in [0.05, 0.1) is 6.54 Å². The summed E-state index contributed by atoms with van der Waals surface area (Å²) in [6, 6.07) is 9.94. The third-order valence-electron chi connectivity index (χ3n) is 3.31. The molecule has 122 valence electrons. The Morgan fingerprint density at radius 1 is 1.17 bits per heavy atom. The highest BCUT2D eigenvalue weighted by atomic mass is 19.1. The molecule has 0 aliphatic rings. The number of nitrogens with zero attached hydrogens (tertiary/aromatic N) is 4. The van der Waals surface area contributed by atoms with Crippen molar-refractivity contribution in [3.8, 4) is 5.82 Å². The fourth-order valence-electron chi connectivity index (χ4n) is 2.10. The lowest BCUT2D eigenvalue weighted by molar-refractivity contribution is 0.0951. The van der Waals surface area contributed by atoms with Crippen LogP contribution in [0.3, 0.4) is 0 Å². The van der Waals surface area contributed by atoms with Gasteiger partial charge in [-0.1, -0.05) is 0 Å². The van der Waals surface area contributed by atoms with Gasteiger partial charge in [-0.05, 0) is 36.4 Å². The standard InChI is InChI=1S/C16H14FN5O2/c17-13-4-2-12(3-5-13)16(24)18-9-11-22-15(23)7-6-14(20-22)21-10-1-8-19-21/h1-8,10H,9,11H2,(H,18,24). The summed E-state index contributed by atoms with van der Waals surface area (Å²) in [7, 11) is 0. The maximum atomic E-state index is 12.8. The largest absolute Gasteiger partial charge is 0.350 e. The first-order chi connectivity index (χ1) is 11.6. The molecule has 2 aromatic heterocycles. The molecule has 1 aromatic carbocycles. The SMILES string of the molecule is O=C(NCCn1nc(-n2cccn2)ccc1=O)c1ccc(F)cc1. The molecule has 0 aliphatic heterocycles. The van der Waals surface area contributed by atoms with E-state index >= 15 is 0 Å². The summed E-state index contributed by atoms with van der Waals surface area (Å²) in [5, 5.41) is 10.9. The van der Waals surface area contributed by atoms with Crippen molar-refractivity contribution in [2.24, 2.45) is 0 Å². The Kier molecular flexibility index (Phi) is 4.46. The molecule has 0 atom stereocenters. The van der Waals surface area contributed by atoms with Gasteiger partial charge in [0.1, 0.15) is 5.82 Å². The van der Waals surface area contributed by atoms with Gasteiger partial charge in [-0.3, -0.25) is 9.59 Å². The molecule has 7 nitrogen and oxygen atoms in total. The van der Waals surface area contributed by atoms with Crippen molar-refractivity contribution in [1.29, 1.82) is 0 Å². The van der Waals surface area contributed by atoms with Gasteiger partial charge in [0.15, 0.2) is 5.82 Å². The van der Waals surface area contributed by atoms with Crippen LogP contribution in [0.5, 0.6) is 0 Å². The average Bonchev–Trinajstić information content (AvgIpc) is 3.11. The first-order valence-electron chi connectivity index (χ1n) is 7.25. The van der Waals surface area contributed by atoms with Crippen molar-refractivity contribution in [2.45, 2.75) is 6.54 Å². The summed E-state index contributed by atoms with van der Waals surface area (Å²) in [6.45, 7) is 0.423. The number of amides is 1. The molecule has 3 rings (SSSR count). The molecule has 1 N–H and O–H groups in total. The minimum absolute atomic E-state index is 0.209. The van der Waals surface area contributed by atoms with E-state index in [4.69, 9.17) is 0 Å². The average molecular weight is 327 g/mol. The summed E-state index contributed by atoms with van der Waals surface area (Å²) < 4.78 is 15.6. The molecular weight excluding hydrogens is 313 g/mol. The third kappa shape index (κ3) is 3.54. The molecule has 3 aromatic rings. The van der Waals surface area contributed by atoms with Crippen LogP contribution in [0.4, 0.5) is 4.39 Å². The van der Waals surface area contributed by atoms with Crippen molar-refractivity contribution in [3.05, 3.63) is 76.6 Å². The molecule has 0 saturated carbocycles. The number of halogens is 1. The molecule has 0 aliphatic carbocycles. The van der Waals surface area contributed by atoms with Crippen molar-refractivity contribution in [2.75, 3.05) is 6.54 Å². The van der Waals surface area contributed by atoms with Crippen molar-refractivity contribution in [1.82, 2.24) is 24.9 Å². The highest BCUT2D eigenvalue weighted by Gasteiger charge is 2.06. The lowest BCUT2D eigenvalue weighted by Gasteiger charge is -2.08. The van der Waals surface area contributed by atoms with Crippen LogP contribution in [0.15, 0.2) is 59.7 Å². The first kappa shape index (κ1) is 15.6. The molecule has 0 bridgehead atoms. The zero-order valence-electron chi connectivity index (χ0n) is 12.6. The number of aromatic nitrogens is 4. The van der Waals surface area contributed by atoms with Crippen LogP contribution in [0.2, 0.25) is 0 Å². The number of benzene rings is 1. The van der Waals surface area contributed by atoms with E-state index in [9.17, 15) is 14.0 Å². The van der Waals surface area contributed by atoms with Gasteiger partial charge in [-0.2, -0.15) is 5.10 Å². The number of nitrogens with one attached hydrogen (secondary N) is 1. The van der Waals surface area contributed by atoms with Gasteiger partial charge in [-0.15, -0.1) is 5.10 Å². The molecular formula is C16H14FN5O2. The van der Waals surface area contributed by atoms with Gasteiger partial charge < -0.3 is 5.32 Å². The number of hydrogen-bond acceptors (Lipinski definition) is 4. The van der Waals surface area contributed by atoms with E-state index < -0.39 is 5.82 Å². The maximum Gasteiger partial charge on any atom is 0.266 e. The Balaban J connectivity index is 1.64. The molecule has 0 radical (unpaired) electrons. The Bertz CT molecular complexity index is 888. The molecule has 0 fully saturated rings. The van der Waals surface area contributed by atoms with Crippen LogP contribution in [-0.4, -0.2) is 32.0 Å². The highest BCUT2D eigenvalue weighted by Crippen LogP contribution is 2.02. The lowest BCUT2D eigenvalue weighted by Crippen LogP contribution is -2.32. The third-order valence-corrected chi connectivity index (χ3v) is 3.31. The topological polar surface area (TPSA) is 81.8 Å². The second kappa shape index (κ2) is 6.86. The van der Waals surface area contributed by atoms with E-state index in [1.165, 1.54) is 39.7 Å². The van der Waals surface area contributed by atoms with Crippen molar-refractivity contribution >= 4 is 5.91 Å². The molecule has 8 heteroatoms. The Morgan fingerprint density at radius 3 is 2.67 bits per heavy atom. The predicted octanol–water partition coefficient (Wildman–Crippen LogP) is 0.998. The van der Waals surface area contributed by atoms with E-state index in [1.54, 1.807) is 24.5 Å². The number of rotatable bonds is 5. The fraction of sp³-hybridized carbons (Fsp3) is 0.125. The molecule has 2 heterocycles. The van der Waals surface area contributed by atoms with Gasteiger partial charge in [-0.25, -0.2) is 13.8 Å². The molecule has 24 heavy (non-hydrogen) atoms. The number of carbonyl (C=O) groups is 1. The summed E-state index contributed by atoms with van der Waals surface area (Å²) in [4.78, 5) is 23.8. The first-order valence-corrected chi connectivity index (χ1v) is 7.25. The minimum Gasteiger partial charge on any atom is -0.350 e. The smallest absolute Gasteiger partial charge is 0.266 e. The Hall–Kier alpha value is -3.29. The van der Waals surface area contributed by atoms with Crippen LogP contribution in [0.25, 0.3) is 5.82 Å². The van der Waals surface area contributed by atoms with Gasteiger partial charge in [0.25, 0.3) is 11.5 Å². The quantitative estimate of drug-likeness (QED) is 0.758. The van der Waals surface area contributed by atoms with E-state index in [2.05, 4.69) is 15.5 Å². The van der Waals surface area contributed by atoms with E-state index in [0.29, 0.717) is 11.4 Å². The number of hydrogen-bond donors (Lipinski definition) is 1. The Morgan fingerprint density at radius 2 is 1.96 bits per heavy atom. The summed E-state index contributed by atoms with van der Waals surface area (Å²) >= 11 is 0. The second-order valence-electron chi connectivity index (χ2n) is 4.97. The van der Waals surface area contributed by atoms with Crippen molar-refractivity contribution in [3.63, 3.8) is 0 Å². The molecule has 0 saturated heterocycles. The maximum absolute atomic E-state index is 12.8. The van der Waals surface area contributed by atoms with Gasteiger partial charge in [0.2, 0.25) is 0 Å². The second-order valence-corrected chi connectivity index (χ2v) is 4.97. The molecule has 0 spiro atoms. The summed E-state index contributed by atoms with van der Waals surface area (Å²) in [5.41, 5.74) is 0.0731. The van der Waals surface area contributed by atoms with E-state index in [1.807, 2.05) is 0 Å². The zero-order valence-corrected chi connectivity index (χ0v) is 12.6. The molecule has 0 unspecified atom stereocenters. The van der Waals surface area contributed by atoms with Gasteiger partial charge >= 0.3 is 0 Å². The van der Waals surface area contributed by atoms with Gasteiger partial charge in [0, 0.05) is 30.6 Å². The minimum atomic E-state index is -0.405. The van der Waals surface area contributed by atoms with E-state index in [-0.39, 0.29) is 24.6 Å². The van der Waals surface area contributed by atoms with E-state index in [0.717, 1.165) is 0 Å². The Labute approximate surface area is 136 Å². The fourth-order valence-corrected chi connectivity index (χ4v) is 2.10.